The second kappa shape index (κ2) is 8.17. The summed E-state index contributed by atoms with van der Waals surface area (Å²) in [6.07, 6.45) is 0.612. The Morgan fingerprint density at radius 3 is 2.29 bits per heavy atom. The fourth-order valence-electron chi connectivity index (χ4n) is 2.38. The van der Waals surface area contributed by atoms with Crippen LogP contribution in [0.1, 0.15) is 18.1 Å². The van der Waals surface area contributed by atoms with Crippen molar-refractivity contribution in [3.8, 4) is 11.5 Å². The van der Waals surface area contributed by atoms with Crippen molar-refractivity contribution in [1.29, 1.82) is 0 Å². The topological polar surface area (TPSA) is 64.6 Å². The molecule has 2 aromatic rings. The molecule has 0 fully saturated rings. The zero-order valence-electron chi connectivity index (χ0n) is 14.2. The summed E-state index contributed by atoms with van der Waals surface area (Å²) >= 11 is 0. The molecule has 0 saturated heterocycles. The van der Waals surface area contributed by atoms with Crippen LogP contribution < -0.4 is 14.2 Å². The molecule has 0 amide bonds. The molecule has 130 valence electrons. The standard InChI is InChI=1S/C18H23NO4S/c1-4-23-16-7-5-15(6-8-16)11-12-19-24(20,21)18-10-9-17(22-3)13-14(18)2/h5-10,13,19H,4,11-12H2,1-3H3. The molecular weight excluding hydrogens is 326 g/mol. The van der Waals surface area contributed by atoms with Gasteiger partial charge in [-0.2, -0.15) is 0 Å². The van der Waals surface area contributed by atoms with Crippen LogP contribution >= 0.6 is 0 Å². The molecule has 0 bridgehead atoms. The summed E-state index contributed by atoms with van der Waals surface area (Å²) in [4.78, 5) is 0.273. The first-order valence-electron chi connectivity index (χ1n) is 7.82. The van der Waals surface area contributed by atoms with E-state index in [9.17, 15) is 8.42 Å². The second-order valence-electron chi connectivity index (χ2n) is 5.36. The molecule has 0 atom stereocenters. The van der Waals surface area contributed by atoms with Gasteiger partial charge in [0.05, 0.1) is 18.6 Å². The number of rotatable bonds is 8. The number of nitrogens with one attached hydrogen (secondary N) is 1. The minimum absolute atomic E-state index is 0.273. The van der Waals surface area contributed by atoms with E-state index >= 15 is 0 Å². The van der Waals surface area contributed by atoms with E-state index in [1.807, 2.05) is 31.2 Å². The molecule has 24 heavy (non-hydrogen) atoms. The molecule has 2 aromatic carbocycles. The van der Waals surface area contributed by atoms with Crippen LogP contribution in [0.3, 0.4) is 0 Å². The highest BCUT2D eigenvalue weighted by Gasteiger charge is 2.16. The average molecular weight is 349 g/mol. The van der Waals surface area contributed by atoms with Gasteiger partial charge in [0.25, 0.3) is 0 Å². The Labute approximate surface area is 143 Å². The summed E-state index contributed by atoms with van der Waals surface area (Å²) in [6, 6.07) is 12.6. The minimum Gasteiger partial charge on any atom is -0.497 e. The van der Waals surface area contributed by atoms with Gasteiger partial charge in [-0.3, -0.25) is 0 Å². The smallest absolute Gasteiger partial charge is 0.240 e. The van der Waals surface area contributed by atoms with Gasteiger partial charge in [-0.1, -0.05) is 12.1 Å². The van der Waals surface area contributed by atoms with E-state index in [-0.39, 0.29) is 4.90 Å². The van der Waals surface area contributed by atoms with Crippen molar-refractivity contribution < 1.29 is 17.9 Å². The number of methoxy groups -OCH3 is 1. The van der Waals surface area contributed by atoms with Crippen LogP contribution in [0.2, 0.25) is 0 Å². The summed E-state index contributed by atoms with van der Waals surface area (Å²) in [7, 11) is -1.98. The van der Waals surface area contributed by atoms with E-state index in [0.29, 0.717) is 30.9 Å². The van der Waals surface area contributed by atoms with Gasteiger partial charge in [0, 0.05) is 6.54 Å². The largest absolute Gasteiger partial charge is 0.497 e. The molecular formula is C18H23NO4S. The SMILES string of the molecule is CCOc1ccc(CCNS(=O)(=O)c2ccc(OC)cc2C)cc1. The Kier molecular flexibility index (Phi) is 6.23. The second-order valence-corrected chi connectivity index (χ2v) is 7.09. The third-order valence-electron chi connectivity index (χ3n) is 3.61. The molecule has 0 radical (unpaired) electrons. The number of aryl methyl sites for hydroxylation is 1. The number of ether oxygens (including phenoxy) is 2. The summed E-state index contributed by atoms with van der Waals surface area (Å²) in [5, 5.41) is 0. The van der Waals surface area contributed by atoms with Crippen LogP contribution in [0.4, 0.5) is 0 Å². The molecule has 1 N–H and O–H groups in total. The molecule has 0 spiro atoms. The summed E-state index contributed by atoms with van der Waals surface area (Å²) in [6.45, 7) is 4.65. The van der Waals surface area contributed by atoms with E-state index in [2.05, 4.69) is 4.72 Å². The van der Waals surface area contributed by atoms with Crippen LogP contribution in [0.25, 0.3) is 0 Å². The van der Waals surface area contributed by atoms with Crippen LogP contribution in [0, 0.1) is 6.92 Å². The van der Waals surface area contributed by atoms with Gasteiger partial charge in [-0.25, -0.2) is 13.1 Å². The predicted octanol–water partition coefficient (Wildman–Crippen LogP) is 2.92. The maximum absolute atomic E-state index is 12.4. The fourth-order valence-corrected chi connectivity index (χ4v) is 3.63. The number of benzene rings is 2. The third kappa shape index (κ3) is 4.72. The van der Waals surface area contributed by atoms with Crippen molar-refractivity contribution in [3.63, 3.8) is 0 Å². The van der Waals surface area contributed by atoms with E-state index in [0.717, 1.165) is 11.3 Å². The minimum atomic E-state index is -3.53. The van der Waals surface area contributed by atoms with Gasteiger partial charge in [0.2, 0.25) is 10.0 Å². The predicted molar refractivity (Wildman–Crippen MR) is 94.2 cm³/mol. The van der Waals surface area contributed by atoms with Crippen LogP contribution in [-0.4, -0.2) is 28.7 Å². The van der Waals surface area contributed by atoms with Gasteiger partial charge in [-0.15, -0.1) is 0 Å². The normalized spacial score (nSPS) is 11.3. The molecule has 0 aliphatic rings. The molecule has 6 heteroatoms. The average Bonchev–Trinajstić information content (AvgIpc) is 2.56. The van der Waals surface area contributed by atoms with Crippen molar-refractivity contribution in [2.24, 2.45) is 0 Å². The van der Waals surface area contributed by atoms with Crippen LogP contribution in [0.15, 0.2) is 47.4 Å². The van der Waals surface area contributed by atoms with Gasteiger partial charge in [-0.05, 0) is 61.7 Å². The summed E-state index contributed by atoms with van der Waals surface area (Å²) < 4.78 is 38.0. The first kappa shape index (κ1) is 18.3. The van der Waals surface area contributed by atoms with Crippen LogP contribution in [0.5, 0.6) is 11.5 Å². The van der Waals surface area contributed by atoms with Gasteiger partial charge < -0.3 is 9.47 Å². The summed E-state index contributed by atoms with van der Waals surface area (Å²) in [5.41, 5.74) is 1.70. The molecule has 0 saturated carbocycles. The van der Waals surface area contributed by atoms with Gasteiger partial charge >= 0.3 is 0 Å². The first-order chi connectivity index (χ1) is 11.5. The molecule has 2 rings (SSSR count). The van der Waals surface area contributed by atoms with E-state index in [1.165, 1.54) is 0 Å². The number of sulfonamides is 1. The fraction of sp³-hybridized carbons (Fsp3) is 0.333. The lowest BCUT2D eigenvalue weighted by Gasteiger charge is -2.11. The van der Waals surface area contributed by atoms with E-state index < -0.39 is 10.0 Å². The highest BCUT2D eigenvalue weighted by Crippen LogP contribution is 2.20. The molecule has 0 unspecified atom stereocenters. The third-order valence-corrected chi connectivity index (χ3v) is 5.23. The first-order valence-corrected chi connectivity index (χ1v) is 9.30. The Hall–Kier alpha value is -2.05. The molecule has 0 aromatic heterocycles. The van der Waals surface area contributed by atoms with Crippen molar-refractivity contribution in [2.45, 2.75) is 25.2 Å². The molecule has 0 heterocycles. The molecule has 5 nitrogen and oxygen atoms in total. The number of hydrogen-bond donors (Lipinski definition) is 1. The maximum Gasteiger partial charge on any atom is 0.240 e. The highest BCUT2D eigenvalue weighted by atomic mass is 32.2. The van der Waals surface area contributed by atoms with E-state index in [4.69, 9.17) is 9.47 Å². The van der Waals surface area contributed by atoms with Crippen molar-refractivity contribution in [3.05, 3.63) is 53.6 Å². The zero-order valence-corrected chi connectivity index (χ0v) is 15.0. The lowest BCUT2D eigenvalue weighted by atomic mass is 10.1. The molecule has 0 aliphatic carbocycles. The lowest BCUT2D eigenvalue weighted by Crippen LogP contribution is -2.26. The zero-order chi connectivity index (χ0) is 17.6. The Morgan fingerprint density at radius 1 is 1.04 bits per heavy atom. The van der Waals surface area contributed by atoms with Crippen molar-refractivity contribution >= 4 is 10.0 Å². The summed E-state index contributed by atoms with van der Waals surface area (Å²) in [5.74, 6) is 1.46. The van der Waals surface area contributed by atoms with Crippen molar-refractivity contribution in [2.75, 3.05) is 20.3 Å². The van der Waals surface area contributed by atoms with Crippen LogP contribution in [-0.2, 0) is 16.4 Å². The monoisotopic (exact) mass is 349 g/mol. The Balaban J connectivity index is 1.97. The quantitative estimate of drug-likeness (QED) is 0.796. The Bertz CT molecular complexity index is 770. The molecule has 0 aliphatic heterocycles. The van der Waals surface area contributed by atoms with E-state index in [1.54, 1.807) is 32.2 Å². The number of hydrogen-bond acceptors (Lipinski definition) is 4. The lowest BCUT2D eigenvalue weighted by molar-refractivity contribution is 0.340. The maximum atomic E-state index is 12.4. The van der Waals surface area contributed by atoms with Gasteiger partial charge in [0.15, 0.2) is 0 Å². The highest BCUT2D eigenvalue weighted by molar-refractivity contribution is 7.89. The van der Waals surface area contributed by atoms with Crippen molar-refractivity contribution in [1.82, 2.24) is 4.72 Å². The Morgan fingerprint density at radius 2 is 1.71 bits per heavy atom. The van der Waals surface area contributed by atoms with Gasteiger partial charge in [0.1, 0.15) is 11.5 Å².